The molecular formula is C12H22N4S. The third kappa shape index (κ3) is 2.97. The van der Waals surface area contributed by atoms with Crippen LogP contribution in [0.15, 0.2) is 0 Å². The van der Waals surface area contributed by atoms with Crippen molar-refractivity contribution >= 4 is 23.0 Å². The molecule has 0 unspecified atom stereocenters. The number of anilines is 1. The molecule has 0 radical (unpaired) electrons. The Balaban J connectivity index is 3.22. The maximum Gasteiger partial charge on any atom is 0.137 e. The predicted octanol–water partition coefficient (Wildman–Crippen LogP) is 1.85. The van der Waals surface area contributed by atoms with Crippen LogP contribution in [0.1, 0.15) is 32.0 Å². The van der Waals surface area contributed by atoms with E-state index in [4.69, 9.17) is 18.0 Å². The zero-order chi connectivity index (χ0) is 13.2. The minimum atomic E-state index is 0.424. The standard InChI is InChI=1S/C12H22N4S/c1-6-16(7-8(2)3)12-10(11(13)17)9(4)14-15(12)5/h8H,6-7H2,1-5H3,(H2,13,17). The number of hydrogen-bond acceptors (Lipinski definition) is 3. The highest BCUT2D eigenvalue weighted by Crippen LogP contribution is 2.23. The molecule has 0 saturated carbocycles. The van der Waals surface area contributed by atoms with Gasteiger partial charge in [-0.25, -0.2) is 0 Å². The minimum Gasteiger partial charge on any atom is -0.389 e. The summed E-state index contributed by atoms with van der Waals surface area (Å²) in [6.07, 6.45) is 0. The summed E-state index contributed by atoms with van der Waals surface area (Å²) in [5, 5.41) is 4.42. The highest BCUT2D eigenvalue weighted by atomic mass is 32.1. The van der Waals surface area contributed by atoms with Crippen molar-refractivity contribution in [3.05, 3.63) is 11.3 Å². The number of aryl methyl sites for hydroxylation is 2. The van der Waals surface area contributed by atoms with Gasteiger partial charge in [0.15, 0.2) is 0 Å². The van der Waals surface area contributed by atoms with Crippen LogP contribution in [0.4, 0.5) is 5.82 Å². The lowest BCUT2D eigenvalue weighted by atomic mass is 10.1. The molecule has 2 N–H and O–H groups in total. The summed E-state index contributed by atoms with van der Waals surface area (Å²) in [7, 11) is 1.94. The average molecular weight is 254 g/mol. The highest BCUT2D eigenvalue weighted by molar-refractivity contribution is 7.80. The van der Waals surface area contributed by atoms with Crippen molar-refractivity contribution in [2.45, 2.75) is 27.7 Å². The fraction of sp³-hybridized carbons (Fsp3) is 0.667. The van der Waals surface area contributed by atoms with Crippen LogP contribution in [0.3, 0.4) is 0 Å². The topological polar surface area (TPSA) is 47.1 Å². The molecule has 0 spiro atoms. The summed E-state index contributed by atoms with van der Waals surface area (Å²) in [6, 6.07) is 0. The first-order valence-electron chi connectivity index (χ1n) is 5.96. The molecule has 0 bridgehead atoms. The molecule has 0 aromatic carbocycles. The van der Waals surface area contributed by atoms with Crippen molar-refractivity contribution in [2.24, 2.45) is 18.7 Å². The number of nitrogens with zero attached hydrogens (tertiary/aromatic N) is 3. The molecular weight excluding hydrogens is 232 g/mol. The zero-order valence-corrected chi connectivity index (χ0v) is 12.1. The lowest BCUT2D eigenvalue weighted by Crippen LogP contribution is -2.31. The number of nitrogens with two attached hydrogens (primary N) is 1. The van der Waals surface area contributed by atoms with E-state index in [1.165, 1.54) is 0 Å². The maximum absolute atomic E-state index is 5.80. The molecule has 0 atom stereocenters. The van der Waals surface area contributed by atoms with E-state index in [-0.39, 0.29) is 0 Å². The summed E-state index contributed by atoms with van der Waals surface area (Å²) in [5.41, 5.74) is 7.61. The minimum absolute atomic E-state index is 0.424. The largest absolute Gasteiger partial charge is 0.389 e. The van der Waals surface area contributed by atoms with Crippen molar-refractivity contribution < 1.29 is 0 Å². The van der Waals surface area contributed by atoms with Gasteiger partial charge in [-0.15, -0.1) is 0 Å². The van der Waals surface area contributed by atoms with E-state index in [0.29, 0.717) is 10.9 Å². The van der Waals surface area contributed by atoms with E-state index >= 15 is 0 Å². The summed E-state index contributed by atoms with van der Waals surface area (Å²) >= 11 is 5.13. The molecule has 0 aliphatic rings. The van der Waals surface area contributed by atoms with Crippen LogP contribution in [-0.4, -0.2) is 27.9 Å². The molecule has 1 aromatic heterocycles. The monoisotopic (exact) mass is 254 g/mol. The van der Waals surface area contributed by atoms with E-state index in [1.807, 2.05) is 18.7 Å². The van der Waals surface area contributed by atoms with Gasteiger partial charge in [-0.2, -0.15) is 5.10 Å². The highest BCUT2D eigenvalue weighted by Gasteiger charge is 2.20. The van der Waals surface area contributed by atoms with Gasteiger partial charge in [0.25, 0.3) is 0 Å². The smallest absolute Gasteiger partial charge is 0.137 e. The maximum atomic E-state index is 5.80. The van der Waals surface area contributed by atoms with E-state index in [9.17, 15) is 0 Å². The molecule has 1 heterocycles. The number of aromatic nitrogens is 2. The van der Waals surface area contributed by atoms with Gasteiger partial charge < -0.3 is 10.6 Å². The second-order valence-electron chi connectivity index (χ2n) is 4.70. The number of rotatable bonds is 5. The van der Waals surface area contributed by atoms with Crippen molar-refractivity contribution in [3.8, 4) is 0 Å². The summed E-state index contributed by atoms with van der Waals surface area (Å²) in [6.45, 7) is 10.4. The Morgan fingerprint density at radius 1 is 1.53 bits per heavy atom. The third-order valence-corrected chi connectivity index (χ3v) is 2.91. The van der Waals surface area contributed by atoms with Crippen molar-refractivity contribution in [2.75, 3.05) is 18.0 Å². The van der Waals surface area contributed by atoms with E-state index < -0.39 is 0 Å². The van der Waals surface area contributed by atoms with Gasteiger partial charge in [-0.05, 0) is 19.8 Å². The van der Waals surface area contributed by atoms with Crippen LogP contribution in [0.2, 0.25) is 0 Å². The predicted molar refractivity (Wildman–Crippen MR) is 76.6 cm³/mol. The van der Waals surface area contributed by atoms with Gasteiger partial charge in [0.1, 0.15) is 10.8 Å². The first kappa shape index (κ1) is 14.0. The van der Waals surface area contributed by atoms with Crippen LogP contribution in [0.25, 0.3) is 0 Å². The van der Waals surface area contributed by atoms with E-state index in [1.54, 1.807) is 0 Å². The van der Waals surface area contributed by atoms with Gasteiger partial charge in [-0.1, -0.05) is 26.1 Å². The van der Waals surface area contributed by atoms with Crippen molar-refractivity contribution in [1.29, 1.82) is 0 Å². The Labute approximate surface area is 109 Å². The molecule has 0 aliphatic carbocycles. The van der Waals surface area contributed by atoms with Crippen molar-refractivity contribution in [3.63, 3.8) is 0 Å². The zero-order valence-electron chi connectivity index (χ0n) is 11.3. The molecule has 0 amide bonds. The van der Waals surface area contributed by atoms with Gasteiger partial charge in [-0.3, -0.25) is 4.68 Å². The molecule has 5 heteroatoms. The van der Waals surface area contributed by atoms with Crippen LogP contribution >= 0.6 is 12.2 Å². The SMILES string of the molecule is CCN(CC(C)C)c1c(C(N)=S)c(C)nn1C. The molecule has 1 rings (SSSR count). The molecule has 4 nitrogen and oxygen atoms in total. The van der Waals surface area contributed by atoms with Gasteiger partial charge in [0, 0.05) is 20.1 Å². The van der Waals surface area contributed by atoms with E-state index in [0.717, 1.165) is 30.2 Å². The molecule has 0 saturated heterocycles. The second-order valence-corrected chi connectivity index (χ2v) is 5.14. The molecule has 17 heavy (non-hydrogen) atoms. The van der Waals surface area contributed by atoms with Crippen LogP contribution in [0, 0.1) is 12.8 Å². The average Bonchev–Trinajstić information content (AvgIpc) is 2.49. The molecule has 1 aromatic rings. The Bertz CT molecular complexity index is 409. The summed E-state index contributed by atoms with van der Waals surface area (Å²) in [5.74, 6) is 1.62. The summed E-state index contributed by atoms with van der Waals surface area (Å²) < 4.78 is 1.87. The number of thiocarbonyl (C=S) groups is 1. The normalized spacial score (nSPS) is 10.9. The Kier molecular flexibility index (Phi) is 4.51. The number of hydrogen-bond donors (Lipinski definition) is 1. The fourth-order valence-corrected chi connectivity index (χ4v) is 2.34. The van der Waals surface area contributed by atoms with Crippen molar-refractivity contribution in [1.82, 2.24) is 9.78 Å². The van der Waals surface area contributed by atoms with Gasteiger partial charge in [0.05, 0.1) is 11.3 Å². The van der Waals surface area contributed by atoms with Crippen LogP contribution in [0.5, 0.6) is 0 Å². The molecule has 0 aliphatic heterocycles. The van der Waals surface area contributed by atoms with Gasteiger partial charge >= 0.3 is 0 Å². The first-order valence-corrected chi connectivity index (χ1v) is 6.37. The quantitative estimate of drug-likeness (QED) is 0.815. The molecule has 96 valence electrons. The lowest BCUT2D eigenvalue weighted by molar-refractivity contribution is 0.599. The lowest BCUT2D eigenvalue weighted by Gasteiger charge is -2.26. The fourth-order valence-electron chi connectivity index (χ4n) is 2.10. The summed E-state index contributed by atoms with van der Waals surface area (Å²) in [4.78, 5) is 2.70. The second kappa shape index (κ2) is 5.49. The Morgan fingerprint density at radius 2 is 2.12 bits per heavy atom. The first-order chi connectivity index (χ1) is 7.88. The van der Waals surface area contributed by atoms with Gasteiger partial charge in [0.2, 0.25) is 0 Å². The van der Waals surface area contributed by atoms with Crippen LogP contribution < -0.4 is 10.6 Å². The van der Waals surface area contributed by atoms with Crippen LogP contribution in [-0.2, 0) is 7.05 Å². The van der Waals surface area contributed by atoms with E-state index in [2.05, 4.69) is 30.8 Å². The Morgan fingerprint density at radius 3 is 2.53 bits per heavy atom. The third-order valence-electron chi connectivity index (χ3n) is 2.71. The molecule has 0 fully saturated rings. The Hall–Kier alpha value is -1.10.